The van der Waals surface area contributed by atoms with E-state index in [1.54, 1.807) is 25.3 Å². The van der Waals surface area contributed by atoms with Crippen molar-refractivity contribution in [1.82, 2.24) is 5.32 Å². The van der Waals surface area contributed by atoms with Crippen LogP contribution in [0.3, 0.4) is 0 Å². The maximum atomic E-state index is 11.6. The SMILES string of the molecule is COCCNC(=O)c1cccc(Br)c1Cl. The van der Waals surface area contributed by atoms with Crippen molar-refractivity contribution in [1.29, 1.82) is 0 Å². The lowest BCUT2D eigenvalue weighted by Crippen LogP contribution is -2.27. The number of rotatable bonds is 4. The smallest absolute Gasteiger partial charge is 0.252 e. The molecule has 0 aliphatic carbocycles. The third-order valence-corrected chi connectivity index (χ3v) is 3.08. The van der Waals surface area contributed by atoms with Gasteiger partial charge in [0.05, 0.1) is 17.2 Å². The summed E-state index contributed by atoms with van der Waals surface area (Å²) in [4.78, 5) is 11.6. The number of benzene rings is 1. The lowest BCUT2D eigenvalue weighted by Gasteiger charge is -2.06. The zero-order valence-corrected chi connectivity index (χ0v) is 10.6. The van der Waals surface area contributed by atoms with Crippen molar-refractivity contribution in [2.45, 2.75) is 0 Å². The fourth-order valence-corrected chi connectivity index (χ4v) is 1.62. The van der Waals surface area contributed by atoms with Crippen LogP contribution in [0.15, 0.2) is 22.7 Å². The highest BCUT2D eigenvalue weighted by atomic mass is 79.9. The van der Waals surface area contributed by atoms with Gasteiger partial charge in [0.15, 0.2) is 0 Å². The maximum absolute atomic E-state index is 11.6. The molecular weight excluding hydrogens is 281 g/mol. The number of amides is 1. The van der Waals surface area contributed by atoms with Crippen LogP contribution in [-0.4, -0.2) is 26.2 Å². The topological polar surface area (TPSA) is 38.3 Å². The van der Waals surface area contributed by atoms with Gasteiger partial charge < -0.3 is 10.1 Å². The molecule has 0 heterocycles. The Labute approximate surface area is 102 Å². The monoisotopic (exact) mass is 291 g/mol. The molecule has 5 heteroatoms. The molecule has 1 rings (SSSR count). The summed E-state index contributed by atoms with van der Waals surface area (Å²) >= 11 is 9.22. The van der Waals surface area contributed by atoms with Crippen LogP contribution in [0.4, 0.5) is 0 Å². The average Bonchev–Trinajstić information content (AvgIpc) is 2.22. The molecule has 0 bridgehead atoms. The Hall–Kier alpha value is -0.580. The molecule has 0 atom stereocenters. The van der Waals surface area contributed by atoms with Gasteiger partial charge in [-0.1, -0.05) is 17.7 Å². The zero-order valence-electron chi connectivity index (χ0n) is 8.22. The summed E-state index contributed by atoms with van der Waals surface area (Å²) in [6.07, 6.45) is 0. The molecule has 0 spiro atoms. The Kier molecular flexibility index (Phi) is 5.08. The quantitative estimate of drug-likeness (QED) is 0.866. The van der Waals surface area contributed by atoms with Crippen LogP contribution in [0.5, 0.6) is 0 Å². The summed E-state index contributed by atoms with van der Waals surface area (Å²) in [6.45, 7) is 0.954. The number of ether oxygens (including phenoxy) is 1. The van der Waals surface area contributed by atoms with Crippen molar-refractivity contribution in [3.63, 3.8) is 0 Å². The van der Waals surface area contributed by atoms with E-state index in [1.807, 2.05) is 0 Å². The van der Waals surface area contributed by atoms with Crippen molar-refractivity contribution in [2.75, 3.05) is 20.3 Å². The van der Waals surface area contributed by atoms with Crippen molar-refractivity contribution >= 4 is 33.4 Å². The van der Waals surface area contributed by atoms with Crippen LogP contribution in [-0.2, 0) is 4.74 Å². The molecule has 1 N–H and O–H groups in total. The first kappa shape index (κ1) is 12.5. The van der Waals surface area contributed by atoms with E-state index in [1.165, 1.54) is 0 Å². The standard InChI is InChI=1S/C10H11BrClNO2/c1-15-6-5-13-10(14)7-3-2-4-8(11)9(7)12/h2-4H,5-6H2,1H3,(H,13,14). The first-order chi connectivity index (χ1) is 7.16. The van der Waals surface area contributed by atoms with E-state index in [0.29, 0.717) is 28.2 Å². The highest BCUT2D eigenvalue weighted by Gasteiger charge is 2.11. The second-order valence-electron chi connectivity index (χ2n) is 2.85. The van der Waals surface area contributed by atoms with E-state index in [0.717, 1.165) is 0 Å². The number of carbonyl (C=O) groups is 1. The minimum absolute atomic E-state index is 0.196. The Bertz CT molecular complexity index is 357. The van der Waals surface area contributed by atoms with Gasteiger partial charge in [-0.05, 0) is 28.1 Å². The molecule has 1 amide bonds. The Morgan fingerprint density at radius 3 is 3.00 bits per heavy atom. The first-order valence-corrected chi connectivity index (χ1v) is 5.55. The molecule has 0 fully saturated rings. The van der Waals surface area contributed by atoms with Crippen molar-refractivity contribution < 1.29 is 9.53 Å². The lowest BCUT2D eigenvalue weighted by molar-refractivity contribution is 0.0937. The summed E-state index contributed by atoms with van der Waals surface area (Å²) in [7, 11) is 1.58. The Balaban J connectivity index is 2.69. The number of hydrogen-bond acceptors (Lipinski definition) is 2. The Morgan fingerprint density at radius 2 is 2.33 bits per heavy atom. The van der Waals surface area contributed by atoms with E-state index in [4.69, 9.17) is 16.3 Å². The first-order valence-electron chi connectivity index (χ1n) is 4.38. The minimum Gasteiger partial charge on any atom is -0.383 e. The molecule has 1 aromatic carbocycles. The van der Waals surface area contributed by atoms with Gasteiger partial charge in [0.2, 0.25) is 0 Å². The summed E-state index contributed by atoms with van der Waals surface area (Å²) in [5, 5.41) is 3.12. The third kappa shape index (κ3) is 3.48. The largest absolute Gasteiger partial charge is 0.383 e. The van der Waals surface area contributed by atoms with Gasteiger partial charge in [-0.3, -0.25) is 4.79 Å². The molecule has 0 radical (unpaired) electrons. The predicted molar refractivity (Wildman–Crippen MR) is 63.4 cm³/mol. The zero-order chi connectivity index (χ0) is 11.3. The van der Waals surface area contributed by atoms with Crippen LogP contribution in [0.2, 0.25) is 5.02 Å². The van der Waals surface area contributed by atoms with Crippen LogP contribution in [0, 0.1) is 0 Å². The van der Waals surface area contributed by atoms with Crippen LogP contribution in [0.1, 0.15) is 10.4 Å². The molecule has 0 aliphatic rings. The third-order valence-electron chi connectivity index (χ3n) is 1.79. The van der Waals surface area contributed by atoms with Crippen molar-refractivity contribution in [2.24, 2.45) is 0 Å². The van der Waals surface area contributed by atoms with E-state index in [2.05, 4.69) is 21.2 Å². The Morgan fingerprint density at radius 1 is 1.60 bits per heavy atom. The maximum Gasteiger partial charge on any atom is 0.252 e. The number of halogens is 2. The minimum atomic E-state index is -0.196. The molecule has 15 heavy (non-hydrogen) atoms. The van der Waals surface area contributed by atoms with E-state index in [-0.39, 0.29) is 5.91 Å². The highest BCUT2D eigenvalue weighted by Crippen LogP contribution is 2.25. The summed E-state index contributed by atoms with van der Waals surface area (Å²) < 4.78 is 5.54. The second kappa shape index (κ2) is 6.10. The predicted octanol–water partition coefficient (Wildman–Crippen LogP) is 2.48. The van der Waals surface area contributed by atoms with E-state index < -0.39 is 0 Å². The summed E-state index contributed by atoms with van der Waals surface area (Å²) in [5.41, 5.74) is 0.460. The normalized spacial score (nSPS) is 10.1. The number of nitrogens with one attached hydrogen (secondary N) is 1. The molecule has 0 saturated heterocycles. The average molecular weight is 293 g/mol. The van der Waals surface area contributed by atoms with Gasteiger partial charge in [-0.25, -0.2) is 0 Å². The highest BCUT2D eigenvalue weighted by molar-refractivity contribution is 9.10. The molecule has 0 unspecified atom stereocenters. The molecule has 1 aromatic rings. The van der Waals surface area contributed by atoms with Crippen LogP contribution in [0.25, 0.3) is 0 Å². The molecule has 0 aliphatic heterocycles. The van der Waals surface area contributed by atoms with Gasteiger partial charge in [-0.15, -0.1) is 0 Å². The van der Waals surface area contributed by atoms with Crippen LogP contribution < -0.4 is 5.32 Å². The van der Waals surface area contributed by atoms with Crippen molar-refractivity contribution in [3.8, 4) is 0 Å². The fourth-order valence-electron chi connectivity index (χ4n) is 1.04. The molecule has 82 valence electrons. The lowest BCUT2D eigenvalue weighted by atomic mass is 10.2. The summed E-state index contributed by atoms with van der Waals surface area (Å²) in [5.74, 6) is -0.196. The molecule has 0 aromatic heterocycles. The molecule has 3 nitrogen and oxygen atoms in total. The second-order valence-corrected chi connectivity index (χ2v) is 4.08. The van der Waals surface area contributed by atoms with Gasteiger partial charge >= 0.3 is 0 Å². The van der Waals surface area contributed by atoms with E-state index >= 15 is 0 Å². The number of carbonyl (C=O) groups excluding carboxylic acids is 1. The van der Waals surface area contributed by atoms with Gasteiger partial charge in [0, 0.05) is 18.1 Å². The van der Waals surface area contributed by atoms with E-state index in [9.17, 15) is 4.79 Å². The molecule has 0 saturated carbocycles. The van der Waals surface area contributed by atoms with Gasteiger partial charge in [-0.2, -0.15) is 0 Å². The van der Waals surface area contributed by atoms with Gasteiger partial charge in [0.1, 0.15) is 0 Å². The van der Waals surface area contributed by atoms with Crippen LogP contribution >= 0.6 is 27.5 Å². The number of methoxy groups -OCH3 is 1. The number of hydrogen-bond donors (Lipinski definition) is 1. The fraction of sp³-hybridized carbons (Fsp3) is 0.300. The summed E-state index contributed by atoms with van der Waals surface area (Å²) in [6, 6.07) is 5.23. The molecular formula is C10H11BrClNO2. The van der Waals surface area contributed by atoms with Crippen molar-refractivity contribution in [3.05, 3.63) is 33.3 Å². The van der Waals surface area contributed by atoms with Gasteiger partial charge in [0.25, 0.3) is 5.91 Å².